The summed E-state index contributed by atoms with van der Waals surface area (Å²) in [4.78, 5) is 11.1. The van der Waals surface area contributed by atoms with Crippen LogP contribution in [-0.4, -0.2) is 11.1 Å². The van der Waals surface area contributed by atoms with E-state index >= 15 is 0 Å². The maximum absolute atomic E-state index is 11.1. The van der Waals surface area contributed by atoms with Gasteiger partial charge in [0, 0.05) is 5.02 Å². The first-order chi connectivity index (χ1) is 8.01. The van der Waals surface area contributed by atoms with E-state index < -0.39 is 11.4 Å². The highest BCUT2D eigenvalue weighted by molar-refractivity contribution is 6.30. The Morgan fingerprint density at radius 1 is 1.29 bits per heavy atom. The molecule has 0 bridgehead atoms. The third-order valence-corrected chi connectivity index (χ3v) is 4.20. The molecule has 0 saturated heterocycles. The van der Waals surface area contributed by atoms with E-state index in [9.17, 15) is 9.90 Å². The van der Waals surface area contributed by atoms with E-state index in [0.717, 1.165) is 30.7 Å². The minimum Gasteiger partial charge on any atom is -0.481 e. The zero-order valence-electron chi connectivity index (χ0n) is 9.95. The first-order valence-corrected chi connectivity index (χ1v) is 6.38. The molecule has 1 aromatic rings. The molecule has 1 fully saturated rings. The Bertz CT molecular complexity index is 403. The minimum absolute atomic E-state index is 0.486. The van der Waals surface area contributed by atoms with Gasteiger partial charge in [-0.15, -0.1) is 0 Å². The van der Waals surface area contributed by atoms with Crippen molar-refractivity contribution >= 4 is 17.6 Å². The summed E-state index contributed by atoms with van der Waals surface area (Å²) < 4.78 is 0. The Morgan fingerprint density at radius 2 is 1.82 bits per heavy atom. The van der Waals surface area contributed by atoms with Crippen molar-refractivity contribution in [3.8, 4) is 0 Å². The Morgan fingerprint density at radius 3 is 2.29 bits per heavy atom. The molecule has 1 N–H and O–H groups in total. The molecular formula is C14H17ClO2. The van der Waals surface area contributed by atoms with Crippen LogP contribution in [0, 0.1) is 5.41 Å². The monoisotopic (exact) mass is 252 g/mol. The summed E-state index contributed by atoms with van der Waals surface area (Å²) in [5.41, 5.74) is 0.755. The van der Waals surface area contributed by atoms with Crippen LogP contribution in [0.5, 0.6) is 0 Å². The molecule has 0 aliphatic heterocycles. The largest absolute Gasteiger partial charge is 0.481 e. The molecule has 1 aliphatic carbocycles. The van der Waals surface area contributed by atoms with E-state index in [1.54, 1.807) is 0 Å². The van der Waals surface area contributed by atoms with E-state index in [1.165, 1.54) is 5.56 Å². The fraction of sp³-hybridized carbons (Fsp3) is 0.500. The van der Waals surface area contributed by atoms with E-state index in [4.69, 9.17) is 11.6 Å². The van der Waals surface area contributed by atoms with Gasteiger partial charge in [-0.05, 0) is 56.2 Å². The van der Waals surface area contributed by atoms with Crippen molar-refractivity contribution in [1.82, 2.24) is 0 Å². The lowest BCUT2D eigenvalue weighted by Gasteiger charge is -2.34. The number of carboxylic acid groups (broad SMARTS) is 1. The molecule has 17 heavy (non-hydrogen) atoms. The number of benzene rings is 1. The molecule has 3 heteroatoms. The van der Waals surface area contributed by atoms with Gasteiger partial charge in [-0.3, -0.25) is 4.79 Å². The first-order valence-electron chi connectivity index (χ1n) is 6.00. The van der Waals surface area contributed by atoms with Gasteiger partial charge in [-0.2, -0.15) is 0 Å². The smallest absolute Gasteiger partial charge is 0.309 e. The summed E-state index contributed by atoms with van der Waals surface area (Å²) in [5, 5.41) is 9.92. The molecule has 0 radical (unpaired) electrons. The summed E-state index contributed by atoms with van der Waals surface area (Å²) >= 11 is 5.86. The lowest BCUT2D eigenvalue weighted by atomic mass is 9.70. The normalized spacial score (nSPS) is 28.9. The fourth-order valence-electron chi connectivity index (χ4n) is 2.54. The van der Waals surface area contributed by atoms with E-state index in [2.05, 4.69) is 12.1 Å². The van der Waals surface area contributed by atoms with Gasteiger partial charge in [0.1, 0.15) is 0 Å². The predicted molar refractivity (Wildman–Crippen MR) is 68.4 cm³/mol. The summed E-state index contributed by atoms with van der Waals surface area (Å²) in [6.07, 6.45) is 3.42. The Kier molecular flexibility index (Phi) is 3.43. The molecule has 0 heterocycles. The SMILES string of the molecule is CC1(C(=O)O)CCC(c2ccc(Cl)cc2)CC1. The predicted octanol–water partition coefficient (Wildman–Crippen LogP) is 4.09. The van der Waals surface area contributed by atoms with Crippen molar-refractivity contribution in [2.75, 3.05) is 0 Å². The second-order valence-electron chi connectivity index (χ2n) is 5.19. The molecule has 92 valence electrons. The third kappa shape index (κ3) is 2.63. The number of hydrogen-bond acceptors (Lipinski definition) is 1. The highest BCUT2D eigenvalue weighted by Crippen LogP contribution is 2.43. The van der Waals surface area contributed by atoms with Crippen LogP contribution in [0.25, 0.3) is 0 Å². The Balaban J connectivity index is 2.04. The van der Waals surface area contributed by atoms with Crippen LogP contribution in [0.1, 0.15) is 44.1 Å². The van der Waals surface area contributed by atoms with Gasteiger partial charge >= 0.3 is 5.97 Å². The molecule has 1 aliphatic rings. The Hall–Kier alpha value is -1.02. The molecule has 0 amide bonds. The summed E-state index contributed by atoms with van der Waals surface area (Å²) in [6, 6.07) is 7.91. The molecular weight excluding hydrogens is 236 g/mol. The van der Waals surface area contributed by atoms with Crippen LogP contribution in [0.3, 0.4) is 0 Å². The average molecular weight is 253 g/mol. The average Bonchev–Trinajstić information content (AvgIpc) is 2.31. The maximum Gasteiger partial charge on any atom is 0.309 e. The highest BCUT2D eigenvalue weighted by Gasteiger charge is 2.37. The van der Waals surface area contributed by atoms with Crippen LogP contribution in [0.4, 0.5) is 0 Å². The van der Waals surface area contributed by atoms with Crippen LogP contribution in [-0.2, 0) is 4.79 Å². The molecule has 0 spiro atoms. The summed E-state index contributed by atoms with van der Waals surface area (Å²) in [5.74, 6) is -0.174. The quantitative estimate of drug-likeness (QED) is 0.861. The third-order valence-electron chi connectivity index (χ3n) is 3.95. The van der Waals surface area contributed by atoms with Crippen molar-refractivity contribution in [2.24, 2.45) is 5.41 Å². The lowest BCUT2D eigenvalue weighted by Crippen LogP contribution is -2.31. The van der Waals surface area contributed by atoms with Crippen molar-refractivity contribution in [3.63, 3.8) is 0 Å². The number of hydrogen-bond donors (Lipinski definition) is 1. The second kappa shape index (κ2) is 4.69. The van der Waals surface area contributed by atoms with Crippen molar-refractivity contribution in [3.05, 3.63) is 34.9 Å². The Labute approximate surface area is 107 Å². The van der Waals surface area contributed by atoms with Gasteiger partial charge in [-0.1, -0.05) is 23.7 Å². The van der Waals surface area contributed by atoms with Gasteiger partial charge < -0.3 is 5.11 Å². The van der Waals surface area contributed by atoms with Gasteiger partial charge in [-0.25, -0.2) is 0 Å². The standard InChI is InChI=1S/C14H17ClO2/c1-14(13(16)17)8-6-11(7-9-14)10-2-4-12(15)5-3-10/h2-5,11H,6-9H2,1H3,(H,16,17). The lowest BCUT2D eigenvalue weighted by molar-refractivity contribution is -0.149. The van der Waals surface area contributed by atoms with Gasteiger partial charge in [0.15, 0.2) is 0 Å². The van der Waals surface area contributed by atoms with Crippen LogP contribution >= 0.6 is 11.6 Å². The number of rotatable bonds is 2. The summed E-state index contributed by atoms with van der Waals surface area (Å²) in [7, 11) is 0. The molecule has 0 aromatic heterocycles. The van der Waals surface area contributed by atoms with Gasteiger partial charge in [0.05, 0.1) is 5.41 Å². The number of carboxylic acids is 1. The highest BCUT2D eigenvalue weighted by atomic mass is 35.5. The van der Waals surface area contributed by atoms with Crippen LogP contribution in [0.15, 0.2) is 24.3 Å². The van der Waals surface area contributed by atoms with E-state index in [0.29, 0.717) is 5.92 Å². The molecule has 2 nitrogen and oxygen atoms in total. The number of halogens is 1. The zero-order chi connectivity index (χ0) is 12.5. The van der Waals surface area contributed by atoms with Gasteiger partial charge in [0.25, 0.3) is 0 Å². The van der Waals surface area contributed by atoms with E-state index in [1.807, 2.05) is 19.1 Å². The van der Waals surface area contributed by atoms with Crippen molar-refractivity contribution in [1.29, 1.82) is 0 Å². The number of carbonyl (C=O) groups is 1. The molecule has 0 atom stereocenters. The minimum atomic E-state index is -0.660. The molecule has 0 unspecified atom stereocenters. The summed E-state index contributed by atoms with van der Waals surface area (Å²) in [6.45, 7) is 1.85. The van der Waals surface area contributed by atoms with Crippen LogP contribution in [0.2, 0.25) is 5.02 Å². The van der Waals surface area contributed by atoms with Gasteiger partial charge in [0.2, 0.25) is 0 Å². The van der Waals surface area contributed by atoms with Crippen molar-refractivity contribution < 1.29 is 9.90 Å². The second-order valence-corrected chi connectivity index (χ2v) is 5.63. The topological polar surface area (TPSA) is 37.3 Å². The fourth-order valence-corrected chi connectivity index (χ4v) is 2.66. The van der Waals surface area contributed by atoms with Crippen molar-refractivity contribution in [2.45, 2.75) is 38.5 Å². The number of aliphatic carboxylic acids is 1. The molecule has 1 saturated carbocycles. The first kappa shape index (κ1) is 12.4. The zero-order valence-corrected chi connectivity index (χ0v) is 10.7. The van der Waals surface area contributed by atoms with E-state index in [-0.39, 0.29) is 0 Å². The maximum atomic E-state index is 11.1. The molecule has 1 aromatic carbocycles. The molecule has 2 rings (SSSR count). The van der Waals surface area contributed by atoms with Crippen LogP contribution < -0.4 is 0 Å².